The fourth-order valence-electron chi connectivity index (χ4n) is 2.45. The number of benzene rings is 2. The van der Waals surface area contributed by atoms with Crippen LogP contribution in [0.1, 0.15) is 29.8 Å². The van der Waals surface area contributed by atoms with Gasteiger partial charge in [0.05, 0.1) is 13.1 Å². The Morgan fingerprint density at radius 1 is 1.11 bits per heavy atom. The second-order valence-electron chi connectivity index (χ2n) is 6.23. The second-order valence-corrected chi connectivity index (χ2v) is 6.67. The number of halogens is 1. The predicted molar refractivity (Wildman–Crippen MR) is 114 cm³/mol. The molecule has 2 aromatic rings. The molecule has 0 radical (unpaired) electrons. The minimum absolute atomic E-state index is 0.0446. The van der Waals surface area contributed by atoms with Crippen LogP contribution in [0.2, 0.25) is 5.02 Å². The Morgan fingerprint density at radius 2 is 1.79 bits per heavy atom. The van der Waals surface area contributed by atoms with Crippen LogP contribution in [-0.2, 0) is 6.54 Å². The van der Waals surface area contributed by atoms with Crippen LogP contribution in [0.4, 0.5) is 0 Å². The summed E-state index contributed by atoms with van der Waals surface area (Å²) in [6.45, 7) is 5.87. The molecule has 0 aliphatic carbocycles. The van der Waals surface area contributed by atoms with Gasteiger partial charge in [0.25, 0.3) is 5.91 Å². The van der Waals surface area contributed by atoms with Crippen LogP contribution in [0, 0.1) is 0 Å². The number of aliphatic imine (C=N–C) groups is 1. The van der Waals surface area contributed by atoms with Crippen molar-refractivity contribution in [1.82, 2.24) is 16.0 Å². The van der Waals surface area contributed by atoms with Gasteiger partial charge in [-0.2, -0.15) is 0 Å². The molecule has 2 aromatic carbocycles. The molecule has 1 unspecified atom stereocenters. The molecule has 0 saturated carbocycles. The number of hydrogen-bond donors (Lipinski definition) is 3. The van der Waals surface area contributed by atoms with Crippen LogP contribution in [0.15, 0.2) is 53.5 Å². The maximum absolute atomic E-state index is 11.6. The highest BCUT2D eigenvalue weighted by atomic mass is 35.5. The van der Waals surface area contributed by atoms with E-state index in [1.165, 1.54) is 0 Å². The molecule has 7 heteroatoms. The van der Waals surface area contributed by atoms with Crippen molar-refractivity contribution in [3.8, 4) is 5.75 Å². The van der Waals surface area contributed by atoms with Gasteiger partial charge in [-0.15, -0.1) is 0 Å². The molecule has 1 amide bonds. The molecule has 0 saturated heterocycles. The Labute approximate surface area is 171 Å². The molecule has 0 aromatic heterocycles. The summed E-state index contributed by atoms with van der Waals surface area (Å²) >= 11 is 5.89. The van der Waals surface area contributed by atoms with Crippen LogP contribution in [-0.4, -0.2) is 38.1 Å². The van der Waals surface area contributed by atoms with E-state index in [1.807, 2.05) is 38.1 Å². The minimum Gasteiger partial charge on any atom is -0.489 e. The van der Waals surface area contributed by atoms with Crippen molar-refractivity contribution < 1.29 is 9.53 Å². The largest absolute Gasteiger partial charge is 0.489 e. The molecular formula is C21H27ClN4O2. The Hall–Kier alpha value is -2.73. The fourth-order valence-corrected chi connectivity index (χ4v) is 2.57. The normalized spacial score (nSPS) is 12.2. The van der Waals surface area contributed by atoms with E-state index in [2.05, 4.69) is 20.9 Å². The van der Waals surface area contributed by atoms with E-state index in [1.54, 1.807) is 31.3 Å². The molecule has 0 heterocycles. The van der Waals surface area contributed by atoms with E-state index < -0.39 is 0 Å². The first kappa shape index (κ1) is 21.6. The Bertz CT molecular complexity index is 776. The van der Waals surface area contributed by atoms with Crippen molar-refractivity contribution in [2.24, 2.45) is 4.99 Å². The van der Waals surface area contributed by atoms with Gasteiger partial charge in [-0.05, 0) is 55.8 Å². The number of guanidine groups is 1. The number of nitrogens with one attached hydrogen (secondary N) is 3. The molecule has 0 aliphatic heterocycles. The highest BCUT2D eigenvalue weighted by Gasteiger charge is 2.06. The first-order valence-electron chi connectivity index (χ1n) is 9.27. The highest BCUT2D eigenvalue weighted by molar-refractivity contribution is 6.30. The molecule has 6 nitrogen and oxygen atoms in total. The van der Waals surface area contributed by atoms with Gasteiger partial charge in [-0.25, -0.2) is 4.99 Å². The summed E-state index contributed by atoms with van der Waals surface area (Å²) in [5.41, 5.74) is 1.66. The van der Waals surface area contributed by atoms with Crippen LogP contribution < -0.4 is 20.7 Å². The summed E-state index contributed by atoms with van der Waals surface area (Å²) in [5, 5.41) is 9.80. The standard InChI is InChI=1S/C21H27ClN4O2/c1-4-24-21(25-13-15(2)28-19-11-9-18(22)10-12-19)26-14-16-5-7-17(8-6-16)20(27)23-3/h5-12,15H,4,13-14H2,1-3H3,(H,23,27)(H2,24,25,26). The van der Waals surface area contributed by atoms with Gasteiger partial charge in [0, 0.05) is 24.2 Å². The van der Waals surface area contributed by atoms with Crippen molar-refractivity contribution in [2.45, 2.75) is 26.5 Å². The number of amides is 1. The van der Waals surface area contributed by atoms with E-state index in [0.29, 0.717) is 29.6 Å². The maximum atomic E-state index is 11.6. The van der Waals surface area contributed by atoms with Crippen molar-refractivity contribution >= 4 is 23.5 Å². The molecule has 2 rings (SSSR count). The number of nitrogens with zero attached hydrogens (tertiary/aromatic N) is 1. The molecule has 0 fully saturated rings. The second kappa shape index (κ2) is 11.2. The van der Waals surface area contributed by atoms with Gasteiger partial charge in [0.15, 0.2) is 5.96 Å². The third kappa shape index (κ3) is 7.12. The number of ether oxygens (including phenoxy) is 1. The minimum atomic E-state index is -0.0975. The molecular weight excluding hydrogens is 376 g/mol. The first-order chi connectivity index (χ1) is 13.5. The van der Waals surface area contributed by atoms with Crippen LogP contribution in [0.3, 0.4) is 0 Å². The average Bonchev–Trinajstić information content (AvgIpc) is 2.71. The smallest absolute Gasteiger partial charge is 0.251 e. The fraction of sp³-hybridized carbons (Fsp3) is 0.333. The number of rotatable bonds is 8. The maximum Gasteiger partial charge on any atom is 0.251 e. The summed E-state index contributed by atoms with van der Waals surface area (Å²) in [6.07, 6.45) is -0.0446. The third-order valence-corrected chi connectivity index (χ3v) is 4.17. The molecule has 0 spiro atoms. The monoisotopic (exact) mass is 402 g/mol. The number of hydrogen-bond acceptors (Lipinski definition) is 3. The summed E-state index contributed by atoms with van der Waals surface area (Å²) in [4.78, 5) is 16.2. The van der Waals surface area contributed by atoms with Crippen molar-refractivity contribution in [2.75, 3.05) is 20.1 Å². The molecule has 0 aliphatic rings. The zero-order chi connectivity index (χ0) is 20.4. The first-order valence-corrected chi connectivity index (χ1v) is 9.65. The quantitative estimate of drug-likeness (QED) is 0.468. The van der Waals surface area contributed by atoms with E-state index in [-0.39, 0.29) is 12.0 Å². The topological polar surface area (TPSA) is 74.8 Å². The van der Waals surface area contributed by atoms with E-state index in [9.17, 15) is 4.79 Å². The van der Waals surface area contributed by atoms with Crippen molar-refractivity contribution in [3.63, 3.8) is 0 Å². The van der Waals surface area contributed by atoms with Gasteiger partial charge in [0.2, 0.25) is 0 Å². The van der Waals surface area contributed by atoms with Crippen molar-refractivity contribution in [3.05, 3.63) is 64.7 Å². The van der Waals surface area contributed by atoms with Gasteiger partial charge < -0.3 is 20.7 Å². The summed E-state index contributed by atoms with van der Waals surface area (Å²) in [5.74, 6) is 1.39. The lowest BCUT2D eigenvalue weighted by Crippen LogP contribution is -2.41. The van der Waals surface area contributed by atoms with Gasteiger partial charge in [-0.3, -0.25) is 4.79 Å². The molecule has 28 heavy (non-hydrogen) atoms. The lowest BCUT2D eigenvalue weighted by atomic mass is 10.1. The SMILES string of the molecule is CCNC(=NCc1ccc(C(=O)NC)cc1)NCC(C)Oc1ccc(Cl)cc1. The van der Waals surface area contributed by atoms with Gasteiger partial charge >= 0.3 is 0 Å². The highest BCUT2D eigenvalue weighted by Crippen LogP contribution is 2.16. The van der Waals surface area contributed by atoms with Crippen LogP contribution in [0.5, 0.6) is 5.75 Å². The predicted octanol–water partition coefficient (Wildman–Crippen LogP) is 3.22. The Balaban J connectivity index is 1.88. The number of carbonyl (C=O) groups is 1. The van der Waals surface area contributed by atoms with E-state index in [0.717, 1.165) is 17.9 Å². The summed E-state index contributed by atoms with van der Waals surface area (Å²) in [7, 11) is 1.62. The number of carbonyl (C=O) groups excluding carboxylic acids is 1. The lowest BCUT2D eigenvalue weighted by molar-refractivity contribution is 0.0963. The molecule has 1 atom stereocenters. The van der Waals surface area contributed by atoms with Crippen LogP contribution in [0.25, 0.3) is 0 Å². The molecule has 0 bridgehead atoms. The Kier molecular flexibility index (Phi) is 8.62. The molecule has 150 valence electrons. The molecule has 3 N–H and O–H groups in total. The lowest BCUT2D eigenvalue weighted by Gasteiger charge is -2.17. The summed E-state index contributed by atoms with van der Waals surface area (Å²) in [6, 6.07) is 14.7. The Morgan fingerprint density at radius 3 is 2.39 bits per heavy atom. The zero-order valence-corrected chi connectivity index (χ0v) is 17.2. The van der Waals surface area contributed by atoms with Crippen LogP contribution >= 0.6 is 11.6 Å². The zero-order valence-electron chi connectivity index (χ0n) is 16.5. The van der Waals surface area contributed by atoms with Gasteiger partial charge in [-0.1, -0.05) is 23.7 Å². The van der Waals surface area contributed by atoms with E-state index in [4.69, 9.17) is 16.3 Å². The third-order valence-electron chi connectivity index (χ3n) is 3.92. The van der Waals surface area contributed by atoms with E-state index >= 15 is 0 Å². The van der Waals surface area contributed by atoms with Crippen molar-refractivity contribution in [1.29, 1.82) is 0 Å². The average molecular weight is 403 g/mol. The van der Waals surface area contributed by atoms with Gasteiger partial charge in [0.1, 0.15) is 11.9 Å². The summed E-state index contributed by atoms with van der Waals surface area (Å²) < 4.78 is 5.87.